The second-order valence-corrected chi connectivity index (χ2v) is 13.0. The average Bonchev–Trinajstić information content (AvgIpc) is 3.64. The quantitative estimate of drug-likeness (QED) is 0.170. The predicted molar refractivity (Wildman–Crippen MR) is 184 cm³/mol. The number of aryl methyl sites for hydroxylation is 2. The van der Waals surface area contributed by atoms with Crippen LogP contribution in [0.1, 0.15) is 56.2 Å². The molecular weight excluding hydrogens is 646 g/mol. The van der Waals surface area contributed by atoms with Gasteiger partial charge in [-0.3, -0.25) is 9.69 Å². The zero-order valence-corrected chi connectivity index (χ0v) is 28.0. The SMILES string of the molecule is Cc1ccc(C(C)C)c(N2C(=O)CSC2=NC(=S)NC(C)CCCc2cccc(-c3ncn(-c4ccc(OC(F)(F)F)cc4)n3)c2)c1. The van der Waals surface area contributed by atoms with Crippen LogP contribution in [-0.2, 0) is 11.2 Å². The molecule has 246 valence electrons. The first kappa shape index (κ1) is 34.1. The summed E-state index contributed by atoms with van der Waals surface area (Å²) in [5.41, 5.74) is 5.55. The van der Waals surface area contributed by atoms with Crippen molar-refractivity contribution in [2.45, 2.75) is 65.3 Å². The average molecular weight is 681 g/mol. The maximum Gasteiger partial charge on any atom is 0.573 e. The number of nitrogens with zero attached hydrogens (tertiary/aromatic N) is 5. The molecule has 1 aliphatic rings. The lowest BCUT2D eigenvalue weighted by molar-refractivity contribution is -0.274. The summed E-state index contributed by atoms with van der Waals surface area (Å²) in [4.78, 5) is 23.6. The van der Waals surface area contributed by atoms with Gasteiger partial charge in [0.2, 0.25) is 5.91 Å². The first-order valence-electron chi connectivity index (χ1n) is 15.2. The lowest BCUT2D eigenvalue weighted by Gasteiger charge is -2.22. The van der Waals surface area contributed by atoms with Gasteiger partial charge in [-0.2, -0.15) is 4.99 Å². The Morgan fingerprint density at radius 2 is 1.87 bits per heavy atom. The van der Waals surface area contributed by atoms with Crippen molar-refractivity contribution < 1.29 is 22.7 Å². The Bertz CT molecular complexity index is 1770. The van der Waals surface area contributed by atoms with Crippen LogP contribution in [-0.4, -0.2) is 49.1 Å². The van der Waals surface area contributed by atoms with Crippen molar-refractivity contribution in [1.29, 1.82) is 0 Å². The molecule has 1 aromatic heterocycles. The summed E-state index contributed by atoms with van der Waals surface area (Å²) in [6.07, 6.45) is -0.661. The van der Waals surface area contributed by atoms with E-state index in [1.165, 1.54) is 47.0 Å². The molecule has 1 atom stereocenters. The molecule has 0 aliphatic carbocycles. The summed E-state index contributed by atoms with van der Waals surface area (Å²) in [5, 5.41) is 8.75. The van der Waals surface area contributed by atoms with Crippen LogP contribution >= 0.6 is 24.0 Å². The lowest BCUT2D eigenvalue weighted by Crippen LogP contribution is -2.34. The molecule has 1 amide bonds. The largest absolute Gasteiger partial charge is 0.573 e. The van der Waals surface area contributed by atoms with Crippen LogP contribution < -0.4 is 15.0 Å². The smallest absolute Gasteiger partial charge is 0.406 e. The molecule has 8 nitrogen and oxygen atoms in total. The molecular formula is C34H35F3N6O2S2. The van der Waals surface area contributed by atoms with Crippen LogP contribution in [0.5, 0.6) is 5.75 Å². The molecule has 0 bridgehead atoms. The molecule has 5 rings (SSSR count). The minimum Gasteiger partial charge on any atom is -0.406 e. The number of benzene rings is 3. The lowest BCUT2D eigenvalue weighted by atomic mass is 9.99. The van der Waals surface area contributed by atoms with Crippen LogP contribution in [0.2, 0.25) is 0 Å². The summed E-state index contributed by atoms with van der Waals surface area (Å²) in [6.45, 7) is 8.29. The van der Waals surface area contributed by atoms with Crippen LogP contribution in [0.4, 0.5) is 18.9 Å². The first-order valence-corrected chi connectivity index (χ1v) is 16.6. The van der Waals surface area contributed by atoms with Gasteiger partial charge in [0.05, 0.1) is 17.1 Å². The fourth-order valence-electron chi connectivity index (χ4n) is 5.22. The molecule has 0 spiro atoms. The number of amidine groups is 1. The number of anilines is 1. The Balaban J connectivity index is 1.15. The van der Waals surface area contributed by atoms with E-state index < -0.39 is 6.36 Å². The minimum atomic E-state index is -4.75. The number of thiocarbonyl (C=S) groups is 1. The molecule has 3 aromatic carbocycles. The van der Waals surface area contributed by atoms with E-state index in [0.29, 0.717) is 27.5 Å². The monoisotopic (exact) mass is 680 g/mol. The summed E-state index contributed by atoms with van der Waals surface area (Å²) in [7, 11) is 0. The normalized spacial score (nSPS) is 15.0. The summed E-state index contributed by atoms with van der Waals surface area (Å²) in [6, 6.07) is 19.6. The highest BCUT2D eigenvalue weighted by molar-refractivity contribution is 8.15. The number of carbonyl (C=O) groups is 1. The van der Waals surface area contributed by atoms with E-state index in [0.717, 1.165) is 47.2 Å². The van der Waals surface area contributed by atoms with E-state index in [4.69, 9.17) is 12.2 Å². The van der Waals surface area contributed by atoms with Gasteiger partial charge in [0.15, 0.2) is 16.1 Å². The Morgan fingerprint density at radius 3 is 2.60 bits per heavy atom. The number of ether oxygens (including phenoxy) is 1. The van der Waals surface area contributed by atoms with Gasteiger partial charge in [-0.15, -0.1) is 18.3 Å². The highest BCUT2D eigenvalue weighted by Gasteiger charge is 2.32. The predicted octanol–water partition coefficient (Wildman–Crippen LogP) is 7.99. The Morgan fingerprint density at radius 1 is 1.11 bits per heavy atom. The third-order valence-corrected chi connectivity index (χ3v) is 8.63. The standard InChI is InChI=1S/C34H35F3N6O2S2/c1-21(2)28-16-11-22(3)17-29(28)43-30(44)19-47-33(43)40-32(46)39-23(4)7-5-8-24-9-6-10-25(18-24)31-38-20-42(41-31)26-12-14-27(15-13-26)45-34(35,36)37/h6,9-18,20-21,23H,5,7-8,19H2,1-4H3,(H,39,46). The van der Waals surface area contributed by atoms with Gasteiger partial charge in [0, 0.05) is 11.6 Å². The summed E-state index contributed by atoms with van der Waals surface area (Å²) >= 11 is 6.98. The van der Waals surface area contributed by atoms with E-state index in [1.807, 2.05) is 37.3 Å². The first-order chi connectivity index (χ1) is 22.4. The van der Waals surface area contributed by atoms with Crippen molar-refractivity contribution >= 4 is 45.9 Å². The van der Waals surface area contributed by atoms with Crippen molar-refractivity contribution in [2.75, 3.05) is 10.7 Å². The van der Waals surface area contributed by atoms with Crippen LogP contribution in [0, 0.1) is 6.92 Å². The molecule has 4 aromatic rings. The summed E-state index contributed by atoms with van der Waals surface area (Å²) < 4.78 is 42.8. The molecule has 13 heteroatoms. The molecule has 47 heavy (non-hydrogen) atoms. The number of aromatic nitrogens is 3. The Labute approximate surface area is 281 Å². The zero-order chi connectivity index (χ0) is 33.7. The molecule has 0 saturated carbocycles. The maximum atomic E-state index is 12.9. The molecule has 1 saturated heterocycles. The van der Waals surface area contributed by atoms with Crippen molar-refractivity contribution in [1.82, 2.24) is 20.1 Å². The third kappa shape index (κ3) is 8.98. The van der Waals surface area contributed by atoms with Gasteiger partial charge in [-0.1, -0.05) is 55.9 Å². The fraction of sp³-hybridized carbons (Fsp3) is 0.324. The van der Waals surface area contributed by atoms with Crippen molar-refractivity contribution in [2.24, 2.45) is 4.99 Å². The minimum absolute atomic E-state index is 0.00471. The number of halogens is 3. The number of carbonyl (C=O) groups excluding carboxylic acids is 1. The van der Waals surface area contributed by atoms with Gasteiger partial charge in [-0.25, -0.2) is 9.67 Å². The van der Waals surface area contributed by atoms with Crippen molar-refractivity contribution in [3.63, 3.8) is 0 Å². The molecule has 1 N–H and O–H groups in total. The van der Waals surface area contributed by atoms with E-state index >= 15 is 0 Å². The molecule has 1 aliphatic heterocycles. The Hall–Kier alpha value is -4.23. The number of hydrogen-bond donors (Lipinski definition) is 1. The van der Waals surface area contributed by atoms with E-state index in [-0.39, 0.29) is 23.6 Å². The maximum absolute atomic E-state index is 12.9. The second-order valence-electron chi connectivity index (χ2n) is 11.6. The zero-order valence-electron chi connectivity index (χ0n) is 26.4. The number of amides is 1. The van der Waals surface area contributed by atoms with Gasteiger partial charge < -0.3 is 10.1 Å². The third-order valence-electron chi connectivity index (χ3n) is 7.50. The van der Waals surface area contributed by atoms with Crippen LogP contribution in [0.25, 0.3) is 17.1 Å². The highest BCUT2D eigenvalue weighted by Crippen LogP contribution is 2.34. The molecule has 1 unspecified atom stereocenters. The number of aliphatic imine (C=N–C) groups is 1. The van der Waals surface area contributed by atoms with Crippen LogP contribution in [0.15, 0.2) is 78.0 Å². The second kappa shape index (κ2) is 14.7. The number of nitrogens with one attached hydrogen (secondary N) is 1. The number of rotatable bonds is 10. The molecule has 1 fully saturated rings. The van der Waals surface area contributed by atoms with Gasteiger partial charge in [0.25, 0.3) is 0 Å². The number of thioether (sulfide) groups is 1. The molecule has 0 radical (unpaired) electrons. The van der Waals surface area contributed by atoms with Gasteiger partial charge in [0.1, 0.15) is 12.1 Å². The highest BCUT2D eigenvalue weighted by atomic mass is 32.2. The van der Waals surface area contributed by atoms with Crippen molar-refractivity contribution in [3.05, 3.63) is 89.7 Å². The van der Waals surface area contributed by atoms with Crippen LogP contribution in [0.3, 0.4) is 0 Å². The van der Waals surface area contributed by atoms with E-state index in [1.54, 1.807) is 4.90 Å². The van der Waals surface area contributed by atoms with E-state index in [2.05, 4.69) is 58.0 Å². The number of alkyl halides is 3. The summed E-state index contributed by atoms with van der Waals surface area (Å²) in [5.74, 6) is 0.773. The number of hydrogen-bond acceptors (Lipinski definition) is 6. The fourth-order valence-corrected chi connectivity index (χ4v) is 6.43. The van der Waals surface area contributed by atoms with Gasteiger partial charge >= 0.3 is 6.36 Å². The van der Waals surface area contributed by atoms with Crippen molar-refractivity contribution in [3.8, 4) is 22.8 Å². The van der Waals surface area contributed by atoms with Gasteiger partial charge in [-0.05, 0) is 104 Å². The van der Waals surface area contributed by atoms with E-state index in [9.17, 15) is 18.0 Å². The molecule has 2 heterocycles. The topological polar surface area (TPSA) is 84.6 Å². The Kier molecular flexibility index (Phi) is 10.7.